The molecule has 0 aromatic heterocycles. The van der Waals surface area contributed by atoms with Gasteiger partial charge in [0.2, 0.25) is 0 Å². The zero-order valence-electron chi connectivity index (χ0n) is 14.2. The van der Waals surface area contributed by atoms with Crippen LogP contribution >= 0.6 is 12.2 Å². The molecule has 2 aromatic carbocycles. The highest BCUT2D eigenvalue weighted by Gasteiger charge is 2.15. The molecule has 3 rings (SSSR count). The highest BCUT2D eigenvalue weighted by atomic mass is 32.1. The molecule has 1 amide bonds. The van der Waals surface area contributed by atoms with Gasteiger partial charge in [-0.1, -0.05) is 18.2 Å². The highest BCUT2D eigenvalue weighted by Crippen LogP contribution is 2.32. The van der Waals surface area contributed by atoms with Crippen molar-refractivity contribution in [1.82, 2.24) is 10.9 Å². The topological polar surface area (TPSA) is 80.9 Å². The monoisotopic (exact) mass is 373 g/mol. The Balaban J connectivity index is 1.47. The number of anilines is 1. The molecule has 0 saturated carbocycles. The lowest BCUT2D eigenvalue weighted by atomic mass is 10.2. The molecule has 2 aromatic rings. The molecule has 0 fully saturated rings. The number of carbonyl (C=O) groups is 1. The normalized spacial score (nSPS) is 13.3. The van der Waals surface area contributed by atoms with Crippen molar-refractivity contribution in [3.63, 3.8) is 0 Å². The smallest absolute Gasteiger partial charge is 0.279 e. The Bertz CT molecular complexity index is 785. The molecule has 7 nitrogen and oxygen atoms in total. The van der Waals surface area contributed by atoms with Gasteiger partial charge < -0.3 is 19.5 Å². The fourth-order valence-corrected chi connectivity index (χ4v) is 2.43. The number of rotatable bonds is 4. The summed E-state index contributed by atoms with van der Waals surface area (Å²) >= 11 is 5.18. The van der Waals surface area contributed by atoms with Gasteiger partial charge >= 0.3 is 0 Å². The van der Waals surface area contributed by atoms with Gasteiger partial charge in [-0.25, -0.2) is 0 Å². The lowest BCUT2D eigenvalue weighted by Gasteiger charge is -2.20. The van der Waals surface area contributed by atoms with E-state index in [9.17, 15) is 4.79 Å². The minimum Gasteiger partial charge on any atom is -0.486 e. The molecule has 1 atom stereocenters. The van der Waals surface area contributed by atoms with Gasteiger partial charge in [0.15, 0.2) is 22.7 Å². The summed E-state index contributed by atoms with van der Waals surface area (Å²) in [5.74, 6) is 1.62. The van der Waals surface area contributed by atoms with Crippen LogP contribution in [-0.2, 0) is 4.79 Å². The Morgan fingerprint density at radius 1 is 1.08 bits per heavy atom. The van der Waals surface area contributed by atoms with Crippen molar-refractivity contribution in [2.75, 3.05) is 18.5 Å². The molecule has 1 aliphatic heterocycles. The Morgan fingerprint density at radius 2 is 1.81 bits per heavy atom. The second-order valence-electron chi connectivity index (χ2n) is 5.50. The molecule has 1 aliphatic rings. The number of amides is 1. The molecule has 8 heteroatoms. The van der Waals surface area contributed by atoms with Gasteiger partial charge in [0.05, 0.1) is 0 Å². The number of hydrogen-bond donors (Lipinski definition) is 3. The molecule has 26 heavy (non-hydrogen) atoms. The molecule has 0 radical (unpaired) electrons. The van der Waals surface area contributed by atoms with Gasteiger partial charge in [0, 0.05) is 11.8 Å². The number of ether oxygens (including phenoxy) is 3. The molecule has 136 valence electrons. The molecule has 0 bridgehead atoms. The first-order chi connectivity index (χ1) is 12.6. The third kappa shape index (κ3) is 4.76. The SMILES string of the molecule is C[C@H](Oc1ccccc1)C(=O)NNC(=S)Nc1ccc2c(c1)OCCO2. The van der Waals surface area contributed by atoms with Gasteiger partial charge in [-0.2, -0.15) is 0 Å². The van der Waals surface area contributed by atoms with Gasteiger partial charge in [-0.05, 0) is 43.4 Å². The van der Waals surface area contributed by atoms with Crippen molar-refractivity contribution >= 4 is 28.9 Å². The summed E-state index contributed by atoms with van der Waals surface area (Å²) < 4.78 is 16.5. The number of fused-ring (bicyclic) bond motifs is 1. The zero-order chi connectivity index (χ0) is 18.4. The Labute approximate surface area is 156 Å². The molecule has 0 unspecified atom stereocenters. The third-order valence-electron chi connectivity index (χ3n) is 3.52. The van der Waals surface area contributed by atoms with Crippen LogP contribution < -0.4 is 30.4 Å². The Morgan fingerprint density at radius 3 is 2.58 bits per heavy atom. The first kappa shape index (κ1) is 17.8. The van der Waals surface area contributed by atoms with Crippen molar-refractivity contribution in [2.45, 2.75) is 13.0 Å². The summed E-state index contributed by atoms with van der Waals surface area (Å²) in [4.78, 5) is 12.1. The predicted octanol–water partition coefficient (Wildman–Crippen LogP) is 2.24. The van der Waals surface area contributed by atoms with E-state index in [1.807, 2.05) is 24.3 Å². The number of hydrazine groups is 1. The molecule has 3 N–H and O–H groups in total. The second-order valence-corrected chi connectivity index (χ2v) is 5.91. The number of hydrogen-bond acceptors (Lipinski definition) is 5. The van der Waals surface area contributed by atoms with Gasteiger partial charge in [-0.3, -0.25) is 15.6 Å². The minimum absolute atomic E-state index is 0.238. The molecule has 0 spiro atoms. The van der Waals surface area contributed by atoms with Crippen LogP contribution in [0, 0.1) is 0 Å². The summed E-state index contributed by atoms with van der Waals surface area (Å²) in [6.07, 6.45) is -0.679. The number of para-hydroxylation sites is 1. The fraction of sp³-hybridized carbons (Fsp3) is 0.222. The zero-order valence-corrected chi connectivity index (χ0v) is 15.0. The van der Waals surface area contributed by atoms with Crippen molar-refractivity contribution in [3.8, 4) is 17.2 Å². The maximum absolute atomic E-state index is 12.1. The Kier molecular flexibility index (Phi) is 5.75. The van der Waals surface area contributed by atoms with E-state index in [0.29, 0.717) is 30.5 Å². The summed E-state index contributed by atoms with van der Waals surface area (Å²) in [5, 5.41) is 3.20. The maximum Gasteiger partial charge on any atom is 0.279 e. The summed E-state index contributed by atoms with van der Waals surface area (Å²) in [7, 11) is 0. The van der Waals surface area contributed by atoms with Crippen molar-refractivity contribution < 1.29 is 19.0 Å². The summed E-state index contributed by atoms with van der Waals surface area (Å²) in [6, 6.07) is 14.5. The standard InChI is InChI=1S/C18H19N3O4S/c1-12(25-14-5-3-2-4-6-14)17(22)20-21-18(26)19-13-7-8-15-16(11-13)24-10-9-23-15/h2-8,11-12H,9-10H2,1H3,(H,20,22)(H2,19,21,26)/t12-/m0/s1. The molecular weight excluding hydrogens is 354 g/mol. The average Bonchev–Trinajstić information content (AvgIpc) is 2.66. The molecule has 0 saturated heterocycles. The fourth-order valence-electron chi connectivity index (χ4n) is 2.26. The number of thiocarbonyl (C=S) groups is 1. The van der Waals surface area contributed by atoms with Crippen LogP contribution in [0.4, 0.5) is 5.69 Å². The van der Waals surface area contributed by atoms with Crippen molar-refractivity contribution in [3.05, 3.63) is 48.5 Å². The highest BCUT2D eigenvalue weighted by molar-refractivity contribution is 7.80. The van der Waals surface area contributed by atoms with Crippen LogP contribution in [0.25, 0.3) is 0 Å². The predicted molar refractivity (Wildman–Crippen MR) is 101 cm³/mol. The lowest BCUT2D eigenvalue weighted by molar-refractivity contribution is -0.127. The molecular formula is C18H19N3O4S. The number of carbonyl (C=O) groups excluding carboxylic acids is 1. The summed E-state index contributed by atoms with van der Waals surface area (Å²) in [5.41, 5.74) is 5.88. The van der Waals surface area contributed by atoms with Crippen LogP contribution in [0.2, 0.25) is 0 Å². The maximum atomic E-state index is 12.1. The Hall–Kier alpha value is -3.00. The van der Waals surface area contributed by atoms with E-state index in [-0.39, 0.29) is 11.0 Å². The van der Waals surface area contributed by atoms with E-state index < -0.39 is 6.10 Å². The van der Waals surface area contributed by atoms with Crippen LogP contribution in [0.15, 0.2) is 48.5 Å². The van der Waals surface area contributed by atoms with E-state index >= 15 is 0 Å². The van der Waals surface area contributed by atoms with Gasteiger partial charge in [-0.15, -0.1) is 0 Å². The molecule has 0 aliphatic carbocycles. The van der Waals surface area contributed by atoms with Gasteiger partial charge in [0.25, 0.3) is 5.91 Å². The average molecular weight is 373 g/mol. The van der Waals surface area contributed by atoms with Crippen molar-refractivity contribution in [1.29, 1.82) is 0 Å². The van der Waals surface area contributed by atoms with Crippen LogP contribution in [0.1, 0.15) is 6.92 Å². The van der Waals surface area contributed by atoms with Crippen LogP contribution in [0.3, 0.4) is 0 Å². The largest absolute Gasteiger partial charge is 0.486 e. The molecule has 1 heterocycles. The van der Waals surface area contributed by atoms with E-state index in [1.54, 1.807) is 31.2 Å². The van der Waals surface area contributed by atoms with E-state index in [4.69, 9.17) is 26.4 Å². The van der Waals surface area contributed by atoms with Crippen LogP contribution in [0.5, 0.6) is 17.2 Å². The number of benzene rings is 2. The lowest BCUT2D eigenvalue weighted by Crippen LogP contribution is -2.48. The van der Waals surface area contributed by atoms with E-state index in [0.717, 1.165) is 5.69 Å². The van der Waals surface area contributed by atoms with E-state index in [2.05, 4.69) is 16.2 Å². The second kappa shape index (κ2) is 8.39. The van der Waals surface area contributed by atoms with Crippen molar-refractivity contribution in [2.24, 2.45) is 0 Å². The van der Waals surface area contributed by atoms with Gasteiger partial charge in [0.1, 0.15) is 19.0 Å². The van der Waals surface area contributed by atoms with Crippen LogP contribution in [-0.4, -0.2) is 30.3 Å². The first-order valence-electron chi connectivity index (χ1n) is 8.10. The third-order valence-corrected chi connectivity index (χ3v) is 3.73. The first-order valence-corrected chi connectivity index (χ1v) is 8.51. The quantitative estimate of drug-likeness (QED) is 0.560. The number of nitrogens with one attached hydrogen (secondary N) is 3. The summed E-state index contributed by atoms with van der Waals surface area (Å²) in [6.45, 7) is 2.70. The van der Waals surface area contributed by atoms with E-state index in [1.165, 1.54) is 0 Å². The minimum atomic E-state index is -0.679.